The summed E-state index contributed by atoms with van der Waals surface area (Å²) in [6.07, 6.45) is 4.15. The molecule has 0 atom stereocenters. The molecule has 0 fully saturated rings. The zero-order valence-corrected chi connectivity index (χ0v) is 12.7. The Kier molecular flexibility index (Phi) is 4.43. The Balaban J connectivity index is 2.38. The minimum Gasteiger partial charge on any atom is -0.478 e. The van der Waals surface area contributed by atoms with Crippen molar-refractivity contribution in [1.29, 1.82) is 0 Å². The first-order chi connectivity index (χ1) is 9.30. The maximum atomic E-state index is 12.8. The molecule has 1 heterocycles. The van der Waals surface area contributed by atoms with Crippen LogP contribution in [0.1, 0.15) is 40.1 Å². The Morgan fingerprint density at radius 2 is 1.90 bits per heavy atom. The summed E-state index contributed by atoms with van der Waals surface area (Å²) in [6.45, 7) is 0. The summed E-state index contributed by atoms with van der Waals surface area (Å²) >= 11 is 3.04. The van der Waals surface area contributed by atoms with E-state index in [4.69, 9.17) is 0 Å². The van der Waals surface area contributed by atoms with E-state index in [1.54, 1.807) is 0 Å². The Labute approximate surface area is 126 Å². The minimum atomic E-state index is -3.72. The lowest BCUT2D eigenvalue weighted by Crippen LogP contribution is -2.28. The lowest BCUT2D eigenvalue weighted by Gasteiger charge is -2.09. The lowest BCUT2D eigenvalue weighted by molar-refractivity contribution is -0.128. The van der Waals surface area contributed by atoms with Crippen LogP contribution in [0.2, 0.25) is 0 Å². The van der Waals surface area contributed by atoms with E-state index in [-0.39, 0.29) is 10.6 Å². The summed E-state index contributed by atoms with van der Waals surface area (Å²) < 4.78 is 25.7. The summed E-state index contributed by atoms with van der Waals surface area (Å²) in [6, 6.07) is 0. The van der Waals surface area contributed by atoms with Gasteiger partial charge in [-0.2, -0.15) is 8.78 Å². The van der Waals surface area contributed by atoms with Crippen molar-refractivity contribution < 1.29 is 23.5 Å². The van der Waals surface area contributed by atoms with E-state index >= 15 is 0 Å². The number of nitrogens with one attached hydrogen (secondary N) is 1. The number of anilines is 1. The number of hydrogen-bond donors (Lipinski definition) is 2. The molecule has 1 aromatic rings. The van der Waals surface area contributed by atoms with Crippen LogP contribution in [-0.4, -0.2) is 21.8 Å². The van der Waals surface area contributed by atoms with Crippen LogP contribution in [0.5, 0.6) is 0 Å². The number of alkyl halides is 3. The normalized spacial score (nSPS) is 15.3. The lowest BCUT2D eigenvalue weighted by atomic mass is 10.1. The quantitative estimate of drug-likeness (QED) is 0.632. The highest BCUT2D eigenvalue weighted by atomic mass is 79.9. The molecule has 2 N–H and O–H groups in total. The molecule has 0 unspecified atom stereocenters. The Morgan fingerprint density at radius 3 is 2.50 bits per heavy atom. The number of rotatable bonds is 3. The summed E-state index contributed by atoms with van der Waals surface area (Å²) in [5.74, 6) is -2.76. The van der Waals surface area contributed by atoms with E-state index in [9.17, 15) is 23.5 Å². The highest BCUT2D eigenvalue weighted by Crippen LogP contribution is 2.38. The molecule has 1 aromatic heterocycles. The number of amides is 1. The molecule has 1 amide bonds. The number of hydrogen-bond acceptors (Lipinski definition) is 3. The first-order valence-electron chi connectivity index (χ1n) is 6.06. The number of aryl methyl sites for hydroxylation is 1. The van der Waals surface area contributed by atoms with Gasteiger partial charge in [-0.25, -0.2) is 4.79 Å². The van der Waals surface area contributed by atoms with Gasteiger partial charge in [-0.1, -0.05) is 6.42 Å². The minimum absolute atomic E-state index is 0.00600. The molecule has 0 saturated heterocycles. The number of carboxylic acids is 1. The first kappa shape index (κ1) is 15.4. The van der Waals surface area contributed by atoms with Gasteiger partial charge in [-0.05, 0) is 31.2 Å². The largest absolute Gasteiger partial charge is 0.478 e. The number of carbonyl (C=O) groups excluding carboxylic acids is 1. The van der Waals surface area contributed by atoms with Crippen LogP contribution in [0.25, 0.3) is 0 Å². The number of halogens is 3. The van der Waals surface area contributed by atoms with Crippen molar-refractivity contribution in [2.75, 3.05) is 5.32 Å². The van der Waals surface area contributed by atoms with E-state index < -0.39 is 16.7 Å². The van der Waals surface area contributed by atoms with Crippen molar-refractivity contribution in [3.63, 3.8) is 0 Å². The topological polar surface area (TPSA) is 66.4 Å². The molecular formula is C12H12BrF2NO3S. The SMILES string of the molecule is O=C(O)c1c(NC(=O)C(F)(F)Br)sc2c1CCCCC2. The van der Waals surface area contributed by atoms with Gasteiger partial charge >= 0.3 is 16.7 Å². The molecule has 1 aliphatic rings. The van der Waals surface area contributed by atoms with Crippen LogP contribution in [0.4, 0.5) is 13.8 Å². The van der Waals surface area contributed by atoms with Crippen LogP contribution in [0, 0.1) is 0 Å². The second-order valence-electron chi connectivity index (χ2n) is 4.53. The zero-order valence-electron chi connectivity index (χ0n) is 10.3. The number of carbonyl (C=O) groups is 2. The fourth-order valence-electron chi connectivity index (χ4n) is 2.23. The highest BCUT2D eigenvalue weighted by molar-refractivity contribution is 9.10. The predicted octanol–water partition coefficient (Wildman–Crippen LogP) is 3.64. The summed E-state index contributed by atoms with van der Waals surface area (Å²) in [5.41, 5.74) is 0.630. The maximum Gasteiger partial charge on any atom is 0.378 e. The number of carboxylic acid groups (broad SMARTS) is 1. The standard InChI is InChI=1S/C12H12BrF2NO3S/c13-12(14,15)11(19)16-9-8(10(17)18)6-4-2-1-3-5-7(6)20-9/h1-5H2,(H,16,19)(H,17,18). The number of thiophene rings is 1. The number of fused-ring (bicyclic) bond motifs is 1. The van der Waals surface area contributed by atoms with Crippen LogP contribution in [-0.2, 0) is 17.6 Å². The van der Waals surface area contributed by atoms with Gasteiger partial charge < -0.3 is 10.4 Å². The third kappa shape index (κ3) is 3.17. The Bertz CT molecular complexity index is 554. The van der Waals surface area contributed by atoms with Gasteiger partial charge in [0.1, 0.15) is 5.00 Å². The summed E-state index contributed by atoms with van der Waals surface area (Å²) in [5, 5.41) is 11.3. The van der Waals surface area contributed by atoms with Crippen LogP contribution >= 0.6 is 27.3 Å². The van der Waals surface area contributed by atoms with E-state index in [1.165, 1.54) is 0 Å². The molecule has 0 aromatic carbocycles. The smallest absolute Gasteiger partial charge is 0.378 e. The molecule has 110 valence electrons. The Hall–Kier alpha value is -1.02. The summed E-state index contributed by atoms with van der Waals surface area (Å²) in [7, 11) is 0. The molecule has 0 aliphatic heterocycles. The van der Waals surface area contributed by atoms with Crippen molar-refractivity contribution in [1.82, 2.24) is 0 Å². The fourth-order valence-corrected chi connectivity index (χ4v) is 3.61. The monoisotopic (exact) mass is 367 g/mol. The molecule has 0 bridgehead atoms. The number of aromatic carboxylic acids is 1. The van der Waals surface area contributed by atoms with Crippen molar-refractivity contribution in [3.05, 3.63) is 16.0 Å². The first-order valence-corrected chi connectivity index (χ1v) is 7.67. The Morgan fingerprint density at radius 1 is 1.25 bits per heavy atom. The highest BCUT2D eigenvalue weighted by Gasteiger charge is 2.36. The van der Waals surface area contributed by atoms with Gasteiger partial charge in [0.25, 0.3) is 0 Å². The van der Waals surface area contributed by atoms with E-state index in [0.717, 1.165) is 41.9 Å². The van der Waals surface area contributed by atoms with Gasteiger partial charge in [0, 0.05) is 20.8 Å². The molecule has 8 heteroatoms. The average Bonchev–Trinajstić information content (AvgIpc) is 2.51. The molecule has 4 nitrogen and oxygen atoms in total. The molecule has 20 heavy (non-hydrogen) atoms. The van der Waals surface area contributed by atoms with Crippen LogP contribution in [0.15, 0.2) is 0 Å². The maximum absolute atomic E-state index is 12.8. The van der Waals surface area contributed by atoms with Crippen molar-refractivity contribution in [3.8, 4) is 0 Å². The second kappa shape index (κ2) is 5.77. The molecule has 0 radical (unpaired) electrons. The van der Waals surface area contributed by atoms with Gasteiger partial charge in [0.2, 0.25) is 0 Å². The van der Waals surface area contributed by atoms with Gasteiger partial charge in [0.05, 0.1) is 5.56 Å². The van der Waals surface area contributed by atoms with Gasteiger partial charge in [-0.3, -0.25) is 4.79 Å². The second-order valence-corrected chi connectivity index (χ2v) is 6.63. The van der Waals surface area contributed by atoms with Crippen molar-refractivity contribution in [2.45, 2.75) is 36.9 Å². The average molecular weight is 368 g/mol. The molecular weight excluding hydrogens is 356 g/mol. The molecule has 0 spiro atoms. The van der Waals surface area contributed by atoms with Crippen molar-refractivity contribution in [2.24, 2.45) is 0 Å². The molecule has 0 saturated carbocycles. The fraction of sp³-hybridized carbons (Fsp3) is 0.500. The third-order valence-corrected chi connectivity index (χ3v) is 4.69. The van der Waals surface area contributed by atoms with Crippen LogP contribution in [0.3, 0.4) is 0 Å². The zero-order chi connectivity index (χ0) is 14.9. The van der Waals surface area contributed by atoms with Crippen molar-refractivity contribution >= 4 is 44.1 Å². The van der Waals surface area contributed by atoms with Crippen LogP contribution < -0.4 is 5.32 Å². The molecule has 1 aliphatic carbocycles. The van der Waals surface area contributed by atoms with E-state index in [0.29, 0.717) is 12.0 Å². The summed E-state index contributed by atoms with van der Waals surface area (Å²) in [4.78, 5) is 19.8. The van der Waals surface area contributed by atoms with E-state index in [2.05, 4.69) is 0 Å². The third-order valence-electron chi connectivity index (χ3n) is 3.12. The van der Waals surface area contributed by atoms with E-state index in [1.807, 2.05) is 21.2 Å². The van der Waals surface area contributed by atoms with Gasteiger partial charge in [-0.15, -0.1) is 11.3 Å². The predicted molar refractivity (Wildman–Crippen MR) is 75.0 cm³/mol. The van der Waals surface area contributed by atoms with Gasteiger partial charge in [0.15, 0.2) is 0 Å². The molecule has 2 rings (SSSR count).